The van der Waals surface area contributed by atoms with E-state index in [4.69, 9.17) is 38.6 Å². The minimum Gasteiger partial charge on any atom is -0.493 e. The van der Waals surface area contributed by atoms with Crippen molar-refractivity contribution in [2.45, 2.75) is 31.2 Å². The number of amides is 2. The number of hydrogen-bond donors (Lipinski definition) is 4. The largest absolute Gasteiger partial charge is 0.493 e. The number of aromatic nitrogens is 1. The Morgan fingerprint density at radius 3 is 2.33 bits per heavy atom. The van der Waals surface area contributed by atoms with Crippen LogP contribution >= 0.6 is 23.4 Å². The number of pyridine rings is 1. The molecular weight excluding hydrogens is 607 g/mol. The summed E-state index contributed by atoms with van der Waals surface area (Å²) in [6.45, 7) is 1.32. The van der Waals surface area contributed by atoms with Gasteiger partial charge in [0, 0.05) is 11.1 Å². The molecule has 0 saturated carbocycles. The highest BCUT2D eigenvalue weighted by Crippen LogP contribution is 2.40. The van der Waals surface area contributed by atoms with Crippen LogP contribution in [-0.4, -0.2) is 48.3 Å². The Morgan fingerprint density at radius 2 is 1.76 bits per heavy atom. The third kappa shape index (κ3) is 7.21. The molecule has 3 aromatic rings. The number of carbonyl (C=O) groups is 2. The maximum atomic E-state index is 14.5. The summed E-state index contributed by atoms with van der Waals surface area (Å²) in [6.07, 6.45) is -5.33. The fourth-order valence-electron chi connectivity index (χ4n) is 3.68. The summed E-state index contributed by atoms with van der Waals surface area (Å²) >= 11 is 11.7. The van der Waals surface area contributed by atoms with E-state index in [0.717, 1.165) is 12.1 Å². The van der Waals surface area contributed by atoms with Crippen LogP contribution in [0.25, 0.3) is 11.3 Å². The van der Waals surface area contributed by atoms with Crippen molar-refractivity contribution in [1.82, 2.24) is 15.1 Å². The minimum absolute atomic E-state index is 0.00255. The average Bonchev–Trinajstić information content (AvgIpc) is 2.94. The molecule has 2 aromatic carbocycles. The lowest BCUT2D eigenvalue weighted by atomic mass is 9.89. The number of carbonyl (C=O) groups excluding carboxylic acids is 2. The van der Waals surface area contributed by atoms with Crippen molar-refractivity contribution in [2.75, 3.05) is 20.3 Å². The molecule has 9 nitrogen and oxygen atoms in total. The summed E-state index contributed by atoms with van der Waals surface area (Å²) in [5.74, 6) is -2.45. The lowest BCUT2D eigenvalue weighted by Crippen LogP contribution is -2.51. The molecule has 0 spiro atoms. The highest BCUT2D eigenvalue weighted by atomic mass is 35.5. The molecule has 0 unspecified atom stereocenters. The van der Waals surface area contributed by atoms with Gasteiger partial charge in [-0.05, 0) is 79.7 Å². The second-order valence-corrected chi connectivity index (χ2v) is 10.2. The van der Waals surface area contributed by atoms with E-state index in [1.807, 2.05) is 0 Å². The van der Waals surface area contributed by atoms with Crippen molar-refractivity contribution in [3.05, 3.63) is 76.2 Å². The molecule has 15 heteroatoms. The first-order chi connectivity index (χ1) is 19.5. The number of nitrogens with one attached hydrogen (secondary N) is 2. The number of hydrogen-bond acceptors (Lipinski definition) is 7. The van der Waals surface area contributed by atoms with Gasteiger partial charge < -0.3 is 25.6 Å². The van der Waals surface area contributed by atoms with Crippen LogP contribution in [0.15, 0.2) is 48.5 Å². The van der Waals surface area contributed by atoms with Gasteiger partial charge in [0.1, 0.15) is 5.82 Å². The third-order valence-corrected chi connectivity index (χ3v) is 6.95. The van der Waals surface area contributed by atoms with Gasteiger partial charge in [-0.25, -0.2) is 14.2 Å². The Labute approximate surface area is 248 Å². The molecule has 0 radical (unpaired) electrons. The van der Waals surface area contributed by atoms with E-state index in [-0.39, 0.29) is 38.9 Å². The maximum absolute atomic E-state index is 14.5. The van der Waals surface area contributed by atoms with Gasteiger partial charge in [0.15, 0.2) is 18.1 Å². The van der Waals surface area contributed by atoms with Gasteiger partial charge in [-0.3, -0.25) is 9.59 Å². The Hall–Kier alpha value is -3.65. The number of alkyl halides is 3. The Bertz CT molecular complexity index is 1490. The van der Waals surface area contributed by atoms with Crippen molar-refractivity contribution in [3.63, 3.8) is 0 Å². The van der Waals surface area contributed by atoms with Gasteiger partial charge in [0.25, 0.3) is 11.8 Å². The minimum atomic E-state index is -5.33. The SMILES string of the molecule is COc1cc(C(=O)NC[C@@](O)(c2cc(C(C)(C)NCl)cc(-c3ccc(F)c(Cl)c3)n2)C(F)(F)F)ccc1OCC(N)=O. The second-order valence-electron chi connectivity index (χ2n) is 9.64. The fraction of sp³-hybridized carbons (Fsp3) is 0.296. The van der Waals surface area contributed by atoms with E-state index < -0.39 is 53.8 Å². The van der Waals surface area contributed by atoms with E-state index in [2.05, 4.69) is 15.1 Å². The molecule has 3 rings (SSSR count). The summed E-state index contributed by atoms with van der Waals surface area (Å²) < 4.78 is 67.6. The van der Waals surface area contributed by atoms with Crippen molar-refractivity contribution in [2.24, 2.45) is 5.73 Å². The Kier molecular flexibility index (Phi) is 9.93. The lowest BCUT2D eigenvalue weighted by molar-refractivity contribution is -0.265. The molecule has 0 fully saturated rings. The van der Waals surface area contributed by atoms with Crippen LogP contribution in [-0.2, 0) is 15.9 Å². The molecule has 226 valence electrons. The van der Waals surface area contributed by atoms with Crippen LogP contribution in [0.3, 0.4) is 0 Å². The van der Waals surface area contributed by atoms with Crippen LogP contribution in [0.5, 0.6) is 11.5 Å². The number of rotatable bonds is 11. The number of halogens is 6. The van der Waals surface area contributed by atoms with Crippen LogP contribution < -0.4 is 25.4 Å². The van der Waals surface area contributed by atoms with Gasteiger partial charge in [-0.1, -0.05) is 11.6 Å². The molecule has 42 heavy (non-hydrogen) atoms. The number of methoxy groups -OCH3 is 1. The Balaban J connectivity index is 2.03. The first kappa shape index (κ1) is 32.9. The molecule has 0 aliphatic rings. The standard InChI is InChI=1S/C27H26Cl2F4N4O5/c1-25(2,37-29)16-10-19(14-4-6-18(30)17(28)8-14)36-22(11-16)26(40,27(31,32)33)13-35-24(39)15-5-7-20(21(9-15)41-3)42-12-23(34)38/h4-11,37,40H,12-13H2,1-3H3,(H2,34,38)(H,35,39)/t26-/m1/s1. The van der Waals surface area contributed by atoms with E-state index in [0.29, 0.717) is 0 Å². The topological polar surface area (TPSA) is 136 Å². The van der Waals surface area contributed by atoms with Crippen LogP contribution in [0.2, 0.25) is 5.02 Å². The van der Waals surface area contributed by atoms with Gasteiger partial charge >= 0.3 is 6.18 Å². The lowest BCUT2D eigenvalue weighted by Gasteiger charge is -2.32. The molecule has 0 bridgehead atoms. The monoisotopic (exact) mass is 632 g/mol. The van der Waals surface area contributed by atoms with Crippen molar-refractivity contribution >= 4 is 35.2 Å². The highest BCUT2D eigenvalue weighted by Gasteiger charge is 2.56. The molecule has 0 aliphatic carbocycles. The number of primary amides is 1. The second kappa shape index (κ2) is 12.7. The van der Waals surface area contributed by atoms with Gasteiger partial charge in [0.2, 0.25) is 5.60 Å². The van der Waals surface area contributed by atoms with E-state index in [1.54, 1.807) is 13.8 Å². The van der Waals surface area contributed by atoms with E-state index in [9.17, 15) is 32.3 Å². The molecule has 1 aromatic heterocycles. The zero-order valence-corrected chi connectivity index (χ0v) is 23.9. The third-order valence-electron chi connectivity index (χ3n) is 6.19. The van der Waals surface area contributed by atoms with Crippen molar-refractivity contribution in [1.29, 1.82) is 0 Å². The fourth-order valence-corrected chi connectivity index (χ4v) is 3.97. The summed E-state index contributed by atoms with van der Waals surface area (Å²) in [7, 11) is 1.25. The smallest absolute Gasteiger partial charge is 0.424 e. The van der Waals surface area contributed by atoms with Crippen LogP contribution in [0.4, 0.5) is 17.6 Å². The van der Waals surface area contributed by atoms with Gasteiger partial charge in [-0.2, -0.15) is 13.2 Å². The molecule has 0 aliphatic heterocycles. The Morgan fingerprint density at radius 1 is 1.07 bits per heavy atom. The molecular formula is C27H26Cl2F4N4O5. The molecule has 0 saturated heterocycles. The molecule has 5 N–H and O–H groups in total. The molecule has 2 amide bonds. The van der Waals surface area contributed by atoms with Crippen molar-refractivity contribution in [3.8, 4) is 22.8 Å². The zero-order valence-electron chi connectivity index (χ0n) is 22.4. The summed E-state index contributed by atoms with van der Waals surface area (Å²) in [6, 6.07) is 9.50. The first-order valence-corrected chi connectivity index (χ1v) is 12.8. The van der Waals surface area contributed by atoms with Gasteiger partial charge in [0.05, 0.1) is 35.6 Å². The average molecular weight is 633 g/mol. The predicted octanol–water partition coefficient (Wildman–Crippen LogP) is 4.57. The van der Waals surface area contributed by atoms with Crippen LogP contribution in [0, 0.1) is 5.82 Å². The summed E-state index contributed by atoms with van der Waals surface area (Å²) in [4.78, 5) is 30.3. The van der Waals surface area contributed by atoms with Gasteiger partial charge in [-0.15, -0.1) is 0 Å². The highest BCUT2D eigenvalue weighted by molar-refractivity contribution is 6.31. The van der Waals surface area contributed by atoms with Crippen molar-refractivity contribution < 1.29 is 41.7 Å². The zero-order chi connectivity index (χ0) is 31.5. The normalized spacial score (nSPS) is 13.3. The number of aliphatic hydroxyl groups is 1. The molecule has 1 heterocycles. The number of nitrogens with two attached hydrogens (primary N) is 1. The number of ether oxygens (including phenoxy) is 2. The van der Waals surface area contributed by atoms with E-state index >= 15 is 0 Å². The predicted molar refractivity (Wildman–Crippen MR) is 147 cm³/mol. The number of benzene rings is 2. The first-order valence-electron chi connectivity index (χ1n) is 12.0. The summed E-state index contributed by atoms with van der Waals surface area (Å²) in [5, 5.41) is 12.9. The van der Waals surface area contributed by atoms with E-state index in [1.165, 1.54) is 43.5 Å². The quantitative estimate of drug-likeness (QED) is 0.180. The maximum Gasteiger partial charge on any atom is 0.424 e. The number of nitrogens with zero attached hydrogens (tertiary/aromatic N) is 1. The van der Waals surface area contributed by atoms with Crippen LogP contribution in [0.1, 0.15) is 35.5 Å². The molecule has 1 atom stereocenters. The summed E-state index contributed by atoms with van der Waals surface area (Å²) in [5.41, 5.74) is -0.495.